The maximum Gasteiger partial charge on any atom is 0.306 e. The molecule has 4 rings (SSSR count). The topological polar surface area (TPSA) is 80.7 Å². The van der Waals surface area contributed by atoms with E-state index in [9.17, 15) is 14.4 Å². The Morgan fingerprint density at radius 3 is 2.47 bits per heavy atom. The summed E-state index contributed by atoms with van der Waals surface area (Å²) < 4.78 is 5.63. The van der Waals surface area contributed by atoms with E-state index >= 15 is 0 Å². The van der Waals surface area contributed by atoms with Crippen molar-refractivity contribution in [1.82, 2.24) is 0 Å². The highest BCUT2D eigenvalue weighted by molar-refractivity contribution is 5.94. The molecule has 0 heterocycles. The Morgan fingerprint density at radius 2 is 1.78 bits per heavy atom. The Bertz CT molecular complexity index is 889. The minimum atomic E-state index is -0.988. The van der Waals surface area contributed by atoms with E-state index in [1.807, 2.05) is 6.08 Å². The average Bonchev–Trinajstić information content (AvgIpc) is 3.15. The van der Waals surface area contributed by atoms with Crippen molar-refractivity contribution in [3.63, 3.8) is 0 Å². The Labute approximate surface area is 217 Å². The van der Waals surface area contributed by atoms with Crippen molar-refractivity contribution in [2.45, 2.75) is 118 Å². The molecule has 8 atom stereocenters. The molecule has 0 aromatic heterocycles. The summed E-state index contributed by atoms with van der Waals surface area (Å²) in [6.45, 7) is 12.0. The average molecular weight is 501 g/mol. The molecule has 0 unspecified atom stereocenters. The lowest BCUT2D eigenvalue weighted by atomic mass is 9.46. The fraction of sp³-hybridized carbons (Fsp3) is 0.839. The molecule has 0 bridgehead atoms. The number of ketones is 1. The van der Waals surface area contributed by atoms with Gasteiger partial charge in [-0.25, -0.2) is 0 Å². The zero-order valence-corrected chi connectivity index (χ0v) is 23.2. The van der Waals surface area contributed by atoms with Crippen LogP contribution in [0.25, 0.3) is 0 Å². The fourth-order valence-corrected chi connectivity index (χ4v) is 8.95. The Kier molecular flexibility index (Phi) is 8.07. The number of carbonyl (C=O) groups is 3. The fourth-order valence-electron chi connectivity index (χ4n) is 8.95. The van der Waals surface area contributed by atoms with E-state index in [-0.39, 0.29) is 35.7 Å². The molecule has 202 valence electrons. The molecule has 0 amide bonds. The number of hydrogen-bond donors (Lipinski definition) is 1. The first-order chi connectivity index (χ1) is 17.0. The third kappa shape index (κ3) is 5.18. The lowest BCUT2D eigenvalue weighted by Gasteiger charge is -2.57. The number of esters is 1. The van der Waals surface area contributed by atoms with Crippen LogP contribution >= 0.6 is 0 Å². The number of carboxylic acids is 1. The molecule has 3 fully saturated rings. The largest absolute Gasteiger partial charge is 0.481 e. The lowest BCUT2D eigenvalue weighted by molar-refractivity contribution is -0.154. The molecule has 0 saturated heterocycles. The van der Waals surface area contributed by atoms with Crippen molar-refractivity contribution >= 4 is 17.7 Å². The summed E-state index contributed by atoms with van der Waals surface area (Å²) in [5, 5.41) is 8.83. The van der Waals surface area contributed by atoms with Crippen LogP contribution in [0.4, 0.5) is 0 Å². The standard InChI is InChI=1S/C31H48O5/c1-19(2)7-6-8-20(3)23-9-10-24-29-25(14-16-31(23,24)5)30(4)15-13-22(17-21(30)18-26(29)32)36-28(35)12-11-27(33)34/h18-20,22-25,29H,6-17H2,1-5H3,(H,33,34)/t20-,22+,23-,24+,25+,29+,30+,31-/m1/s1. The highest BCUT2D eigenvalue weighted by Gasteiger charge is 2.61. The number of rotatable bonds is 9. The summed E-state index contributed by atoms with van der Waals surface area (Å²) in [6.07, 6.45) is 12.5. The Morgan fingerprint density at radius 1 is 1.03 bits per heavy atom. The summed E-state index contributed by atoms with van der Waals surface area (Å²) in [6, 6.07) is 0. The van der Waals surface area contributed by atoms with E-state index in [1.54, 1.807) is 0 Å². The van der Waals surface area contributed by atoms with Crippen molar-refractivity contribution in [2.75, 3.05) is 0 Å². The highest BCUT2D eigenvalue weighted by Crippen LogP contribution is 2.66. The van der Waals surface area contributed by atoms with Gasteiger partial charge in [0.05, 0.1) is 12.8 Å². The number of fused-ring (bicyclic) bond motifs is 5. The second-order valence-corrected chi connectivity index (χ2v) is 13.5. The molecular formula is C31H48O5. The van der Waals surface area contributed by atoms with E-state index < -0.39 is 11.9 Å². The molecular weight excluding hydrogens is 452 g/mol. The van der Waals surface area contributed by atoms with Gasteiger partial charge in [-0.3, -0.25) is 14.4 Å². The number of aliphatic carboxylic acids is 1. The van der Waals surface area contributed by atoms with E-state index in [1.165, 1.54) is 38.5 Å². The molecule has 0 radical (unpaired) electrons. The molecule has 1 N–H and O–H groups in total. The third-order valence-electron chi connectivity index (χ3n) is 10.9. The number of carbonyl (C=O) groups excluding carboxylic acids is 2. The highest BCUT2D eigenvalue weighted by atomic mass is 16.5. The first kappa shape index (κ1) is 27.4. The second-order valence-electron chi connectivity index (χ2n) is 13.5. The minimum Gasteiger partial charge on any atom is -0.481 e. The number of allylic oxidation sites excluding steroid dienone is 1. The third-order valence-corrected chi connectivity index (χ3v) is 10.9. The number of carboxylic acid groups (broad SMARTS) is 1. The summed E-state index contributed by atoms with van der Waals surface area (Å²) in [5.41, 5.74) is 1.44. The van der Waals surface area contributed by atoms with Crippen LogP contribution in [0.1, 0.15) is 112 Å². The van der Waals surface area contributed by atoms with E-state index in [0.29, 0.717) is 24.0 Å². The summed E-state index contributed by atoms with van der Waals surface area (Å²) in [4.78, 5) is 36.6. The lowest BCUT2D eigenvalue weighted by Crippen LogP contribution is -2.53. The molecule has 36 heavy (non-hydrogen) atoms. The maximum atomic E-state index is 13.7. The van der Waals surface area contributed by atoms with E-state index in [0.717, 1.165) is 42.6 Å². The predicted molar refractivity (Wildman–Crippen MR) is 140 cm³/mol. The van der Waals surface area contributed by atoms with Crippen LogP contribution in [0, 0.1) is 46.3 Å². The normalized spacial score (nSPS) is 38.6. The summed E-state index contributed by atoms with van der Waals surface area (Å²) in [5.74, 6) is 2.12. The van der Waals surface area contributed by atoms with E-state index in [2.05, 4.69) is 34.6 Å². The van der Waals surface area contributed by atoms with Gasteiger partial charge in [0.1, 0.15) is 6.10 Å². The first-order valence-electron chi connectivity index (χ1n) is 14.6. The molecule has 0 aliphatic heterocycles. The molecule has 5 nitrogen and oxygen atoms in total. The van der Waals surface area contributed by atoms with Crippen LogP contribution in [0.2, 0.25) is 0 Å². The molecule has 4 aliphatic rings. The van der Waals surface area contributed by atoms with Crippen molar-refractivity contribution < 1.29 is 24.2 Å². The van der Waals surface area contributed by atoms with Crippen molar-refractivity contribution in [3.8, 4) is 0 Å². The monoisotopic (exact) mass is 500 g/mol. The smallest absolute Gasteiger partial charge is 0.306 e. The van der Waals surface area contributed by atoms with Crippen LogP contribution in [0.5, 0.6) is 0 Å². The van der Waals surface area contributed by atoms with Gasteiger partial charge in [-0.2, -0.15) is 0 Å². The second kappa shape index (κ2) is 10.6. The van der Waals surface area contributed by atoms with Gasteiger partial charge in [0.25, 0.3) is 0 Å². The van der Waals surface area contributed by atoms with Gasteiger partial charge < -0.3 is 9.84 Å². The molecule has 4 aliphatic carbocycles. The zero-order valence-electron chi connectivity index (χ0n) is 23.2. The van der Waals surface area contributed by atoms with Gasteiger partial charge in [-0.15, -0.1) is 0 Å². The molecule has 0 spiro atoms. The molecule has 3 saturated carbocycles. The summed E-state index contributed by atoms with van der Waals surface area (Å²) in [7, 11) is 0. The van der Waals surface area contributed by atoms with Crippen LogP contribution in [-0.2, 0) is 19.1 Å². The van der Waals surface area contributed by atoms with Gasteiger partial charge >= 0.3 is 11.9 Å². The number of ether oxygens (including phenoxy) is 1. The van der Waals surface area contributed by atoms with Gasteiger partial charge in [-0.05, 0) is 85.0 Å². The van der Waals surface area contributed by atoms with Crippen LogP contribution in [0.3, 0.4) is 0 Å². The number of hydrogen-bond acceptors (Lipinski definition) is 4. The van der Waals surface area contributed by atoms with E-state index in [4.69, 9.17) is 9.84 Å². The van der Waals surface area contributed by atoms with Crippen molar-refractivity contribution in [3.05, 3.63) is 11.6 Å². The SMILES string of the molecule is CC(C)CCC[C@@H](C)[C@H]1CC[C@H]2[C@@H]3C(=O)C=C4C[C@@H](OC(=O)CCC(=O)O)CC[C@]4(C)[C@H]3CC[C@]12C. The summed E-state index contributed by atoms with van der Waals surface area (Å²) >= 11 is 0. The Balaban J connectivity index is 1.45. The van der Waals surface area contributed by atoms with Gasteiger partial charge in [-0.1, -0.05) is 59.5 Å². The van der Waals surface area contributed by atoms with Gasteiger partial charge in [0.2, 0.25) is 0 Å². The van der Waals surface area contributed by atoms with Crippen LogP contribution in [0.15, 0.2) is 11.6 Å². The minimum absolute atomic E-state index is 0.00481. The van der Waals surface area contributed by atoms with Crippen LogP contribution < -0.4 is 0 Å². The van der Waals surface area contributed by atoms with Gasteiger partial charge in [0, 0.05) is 12.3 Å². The Hall–Kier alpha value is -1.65. The van der Waals surface area contributed by atoms with Crippen molar-refractivity contribution in [2.24, 2.45) is 46.3 Å². The quantitative estimate of drug-likeness (QED) is 0.345. The maximum absolute atomic E-state index is 13.7. The first-order valence-corrected chi connectivity index (χ1v) is 14.6. The predicted octanol–water partition coefficient (Wildman–Crippen LogP) is 6.98. The zero-order chi connectivity index (χ0) is 26.3. The van der Waals surface area contributed by atoms with Crippen molar-refractivity contribution in [1.29, 1.82) is 0 Å². The van der Waals surface area contributed by atoms with Gasteiger partial charge in [0.15, 0.2) is 5.78 Å². The molecule has 5 heteroatoms. The van der Waals surface area contributed by atoms with Crippen LogP contribution in [-0.4, -0.2) is 28.9 Å². The molecule has 0 aromatic rings. The molecule has 0 aromatic carbocycles.